The zero-order valence-electron chi connectivity index (χ0n) is 36.8. The maximum atomic E-state index is 14.4. The quantitative estimate of drug-likeness (QED) is 0.0574. The fourth-order valence-electron chi connectivity index (χ4n) is 7.83. The number of esters is 1. The lowest BCUT2D eigenvalue weighted by molar-refractivity contribution is -0.256. The Labute approximate surface area is 346 Å². The zero-order chi connectivity index (χ0) is 43.4. The van der Waals surface area contributed by atoms with Gasteiger partial charge < -0.3 is 40.3 Å². The van der Waals surface area contributed by atoms with Gasteiger partial charge in [0, 0.05) is 37.0 Å². The molecular weight excluding hydrogens is 743 g/mol. The topological polar surface area (TPSA) is 176 Å². The predicted octanol–water partition coefficient (Wildman–Crippen LogP) is 6.69. The van der Waals surface area contributed by atoms with Crippen molar-refractivity contribution in [3.05, 3.63) is 48.0 Å². The van der Waals surface area contributed by atoms with Gasteiger partial charge in [0.2, 0.25) is 11.8 Å². The SMILES string of the molecule is CC(C)CC(/C=C/C(Cc1ccccc1)C(=O)N1CCC[C@H]1C(=O)NC(CCCNC(=O)OC1CC(C)(C)N(O)C(C)(C)C1)C(=O)OC(C)C)NC(=O)OC(C)(C)C. The van der Waals surface area contributed by atoms with Crippen LogP contribution < -0.4 is 16.0 Å². The first-order chi connectivity index (χ1) is 27.0. The van der Waals surface area contributed by atoms with Gasteiger partial charge in [-0.1, -0.05) is 56.3 Å². The monoisotopic (exact) mass is 814 g/mol. The summed E-state index contributed by atoms with van der Waals surface area (Å²) in [4.78, 5) is 68.7. The van der Waals surface area contributed by atoms with Crippen molar-refractivity contribution < 1.29 is 43.4 Å². The molecule has 58 heavy (non-hydrogen) atoms. The largest absolute Gasteiger partial charge is 0.461 e. The van der Waals surface area contributed by atoms with Gasteiger partial charge in [-0.2, -0.15) is 5.06 Å². The molecule has 2 heterocycles. The van der Waals surface area contributed by atoms with Gasteiger partial charge in [-0.3, -0.25) is 9.59 Å². The molecule has 0 saturated carbocycles. The second-order valence-corrected chi connectivity index (χ2v) is 18.7. The van der Waals surface area contributed by atoms with E-state index in [1.54, 1.807) is 39.5 Å². The Hall–Kier alpha value is -4.17. The van der Waals surface area contributed by atoms with Crippen molar-refractivity contribution in [2.45, 2.75) is 175 Å². The number of rotatable bonds is 17. The van der Waals surface area contributed by atoms with Crippen LogP contribution in [0.2, 0.25) is 0 Å². The van der Waals surface area contributed by atoms with Gasteiger partial charge in [0.25, 0.3) is 0 Å². The number of hydroxylamine groups is 2. The summed E-state index contributed by atoms with van der Waals surface area (Å²) in [7, 11) is 0. The van der Waals surface area contributed by atoms with E-state index in [0.29, 0.717) is 51.5 Å². The number of amides is 4. The van der Waals surface area contributed by atoms with Crippen molar-refractivity contribution >= 4 is 30.0 Å². The average molecular weight is 814 g/mol. The van der Waals surface area contributed by atoms with Gasteiger partial charge in [-0.25, -0.2) is 14.4 Å². The molecule has 4 atom stereocenters. The van der Waals surface area contributed by atoms with E-state index in [9.17, 15) is 29.2 Å². The van der Waals surface area contributed by atoms with E-state index < -0.39 is 71.0 Å². The molecule has 3 unspecified atom stereocenters. The number of carbonyl (C=O) groups is 5. The number of hydrogen-bond acceptors (Lipinski definition) is 10. The summed E-state index contributed by atoms with van der Waals surface area (Å²) in [5.41, 5.74) is -0.877. The van der Waals surface area contributed by atoms with E-state index in [1.807, 2.05) is 70.2 Å². The maximum absolute atomic E-state index is 14.4. The van der Waals surface area contributed by atoms with E-state index >= 15 is 0 Å². The predicted molar refractivity (Wildman–Crippen MR) is 222 cm³/mol. The Balaban J connectivity index is 1.71. The normalized spacial score (nSPS) is 20.0. The molecule has 1 aromatic rings. The molecule has 2 aliphatic heterocycles. The molecule has 2 fully saturated rings. The maximum Gasteiger partial charge on any atom is 0.408 e. The van der Waals surface area contributed by atoms with E-state index in [1.165, 1.54) is 5.06 Å². The highest BCUT2D eigenvalue weighted by molar-refractivity contribution is 5.92. The first kappa shape index (κ1) is 48.2. The number of nitrogens with zero attached hydrogens (tertiary/aromatic N) is 2. The summed E-state index contributed by atoms with van der Waals surface area (Å²) >= 11 is 0. The summed E-state index contributed by atoms with van der Waals surface area (Å²) in [5.74, 6) is -1.65. The van der Waals surface area contributed by atoms with Crippen molar-refractivity contribution in [2.24, 2.45) is 11.8 Å². The summed E-state index contributed by atoms with van der Waals surface area (Å²) < 4.78 is 16.7. The molecule has 2 saturated heterocycles. The Bertz CT molecular complexity index is 1540. The Kier molecular flexibility index (Phi) is 17.6. The molecule has 0 bridgehead atoms. The number of benzene rings is 1. The van der Waals surface area contributed by atoms with Crippen LogP contribution in [0, 0.1) is 11.8 Å². The van der Waals surface area contributed by atoms with E-state index in [2.05, 4.69) is 29.8 Å². The Morgan fingerprint density at radius 1 is 0.931 bits per heavy atom. The molecule has 3 rings (SSSR count). The van der Waals surface area contributed by atoms with E-state index in [0.717, 1.165) is 5.56 Å². The first-order valence-corrected chi connectivity index (χ1v) is 20.9. The fraction of sp³-hybridized carbons (Fsp3) is 0.705. The number of ether oxygens (including phenoxy) is 3. The van der Waals surface area contributed by atoms with Crippen molar-refractivity contribution in [3.63, 3.8) is 0 Å². The molecule has 4 amide bonds. The Morgan fingerprint density at radius 3 is 2.16 bits per heavy atom. The smallest absolute Gasteiger partial charge is 0.408 e. The molecule has 0 spiro atoms. The third-order valence-corrected chi connectivity index (χ3v) is 10.2. The minimum absolute atomic E-state index is 0.183. The highest BCUT2D eigenvalue weighted by Crippen LogP contribution is 2.38. The highest BCUT2D eigenvalue weighted by Gasteiger charge is 2.46. The summed E-state index contributed by atoms with van der Waals surface area (Å²) in [5, 5.41) is 20.5. The first-order valence-electron chi connectivity index (χ1n) is 20.9. The number of hydrogen-bond donors (Lipinski definition) is 4. The number of alkyl carbamates (subject to hydrolysis) is 2. The second kappa shape index (κ2) is 21.2. The van der Waals surface area contributed by atoms with Gasteiger partial charge in [-0.15, -0.1) is 0 Å². The number of carbonyl (C=O) groups excluding carboxylic acids is 5. The van der Waals surface area contributed by atoms with Crippen LogP contribution in [0.4, 0.5) is 9.59 Å². The second-order valence-electron chi connectivity index (χ2n) is 18.7. The van der Waals surface area contributed by atoms with Gasteiger partial charge in [0.05, 0.1) is 18.1 Å². The third-order valence-electron chi connectivity index (χ3n) is 10.2. The fourth-order valence-corrected chi connectivity index (χ4v) is 7.83. The molecule has 0 radical (unpaired) electrons. The molecule has 14 nitrogen and oxygen atoms in total. The minimum atomic E-state index is -1.00. The van der Waals surface area contributed by atoms with Crippen LogP contribution in [0.25, 0.3) is 0 Å². The number of nitrogens with one attached hydrogen (secondary N) is 3. The summed E-state index contributed by atoms with van der Waals surface area (Å²) in [6.45, 7) is 21.1. The average Bonchev–Trinajstić information content (AvgIpc) is 3.59. The Morgan fingerprint density at radius 2 is 1.57 bits per heavy atom. The van der Waals surface area contributed by atoms with Crippen molar-refractivity contribution in [1.29, 1.82) is 0 Å². The zero-order valence-corrected chi connectivity index (χ0v) is 36.8. The molecule has 14 heteroatoms. The molecular formula is C44H71N5O9. The van der Waals surface area contributed by atoms with Crippen LogP contribution in [0.15, 0.2) is 42.5 Å². The molecule has 2 aliphatic rings. The third kappa shape index (κ3) is 15.5. The molecule has 4 N–H and O–H groups in total. The molecule has 326 valence electrons. The van der Waals surface area contributed by atoms with Gasteiger partial charge in [0.1, 0.15) is 23.8 Å². The summed E-state index contributed by atoms with van der Waals surface area (Å²) in [6.07, 6.45) is 5.22. The highest BCUT2D eigenvalue weighted by atomic mass is 16.6. The minimum Gasteiger partial charge on any atom is -0.461 e. The van der Waals surface area contributed by atoms with Gasteiger partial charge in [0.15, 0.2) is 0 Å². The lowest BCUT2D eigenvalue weighted by atomic mass is 9.80. The van der Waals surface area contributed by atoms with E-state index in [-0.39, 0.29) is 30.8 Å². The lowest BCUT2D eigenvalue weighted by Gasteiger charge is -2.50. The standard InChI is InChI=1S/C44H71N5O9/c1-29(2)25-33(46-41(54)58-42(5,6)7)22-21-32(26-31-17-13-12-14-18-31)38(51)48-24-16-20-36(48)37(50)47-35(39(52)56-30(3)4)19-15-23-45-40(53)57-34-27-43(8,9)49(55)44(10,11)28-34/h12-14,17-18,21-22,29-30,32-36,55H,15-16,19-20,23-28H2,1-11H3,(H,45,53)(H,46,54)(H,47,50)/b22-21+/t32?,33?,35?,36-/m0/s1. The van der Waals surface area contributed by atoms with Crippen LogP contribution in [-0.2, 0) is 35.0 Å². The van der Waals surface area contributed by atoms with Crippen LogP contribution in [0.5, 0.6) is 0 Å². The van der Waals surface area contributed by atoms with Crippen molar-refractivity contribution in [1.82, 2.24) is 25.9 Å². The molecule has 0 aromatic heterocycles. The number of likely N-dealkylation sites (tertiary alicyclic amines) is 1. The van der Waals surface area contributed by atoms with Crippen LogP contribution >= 0.6 is 0 Å². The summed E-state index contributed by atoms with van der Waals surface area (Å²) in [6, 6.07) is 7.45. The lowest BCUT2D eigenvalue weighted by Crippen LogP contribution is -2.60. The van der Waals surface area contributed by atoms with Crippen molar-refractivity contribution in [3.8, 4) is 0 Å². The molecule has 1 aromatic carbocycles. The van der Waals surface area contributed by atoms with Crippen LogP contribution in [-0.4, -0.2) is 105 Å². The van der Waals surface area contributed by atoms with Crippen molar-refractivity contribution in [2.75, 3.05) is 13.1 Å². The molecule has 0 aliphatic carbocycles. The number of piperidine rings is 1. The van der Waals surface area contributed by atoms with Crippen LogP contribution in [0.1, 0.15) is 127 Å². The van der Waals surface area contributed by atoms with Gasteiger partial charge >= 0.3 is 18.2 Å². The van der Waals surface area contributed by atoms with Gasteiger partial charge in [-0.05, 0) is 112 Å². The van der Waals surface area contributed by atoms with Crippen LogP contribution in [0.3, 0.4) is 0 Å². The van der Waals surface area contributed by atoms with E-state index in [4.69, 9.17) is 14.2 Å².